The Hall–Kier alpha value is -1.22. The van der Waals surface area contributed by atoms with Crippen LogP contribution in [0.5, 0.6) is 0 Å². The molecule has 1 N–H and O–H groups in total. The van der Waals surface area contributed by atoms with E-state index in [2.05, 4.69) is 0 Å². The second-order valence-corrected chi connectivity index (χ2v) is 8.13. The lowest BCUT2D eigenvalue weighted by atomic mass is 10.4. The number of nitrogens with one attached hydrogen (secondary N) is 1. The lowest BCUT2D eigenvalue weighted by molar-refractivity contribution is 0.578. The van der Waals surface area contributed by atoms with Crippen LogP contribution < -0.4 is 4.13 Å². The van der Waals surface area contributed by atoms with Crippen molar-refractivity contribution in [1.82, 2.24) is 4.13 Å². The minimum absolute atomic E-state index is 0.0398. The van der Waals surface area contributed by atoms with E-state index < -0.39 is 20.0 Å². The summed E-state index contributed by atoms with van der Waals surface area (Å²) in [7, 11) is -8.12. The van der Waals surface area contributed by atoms with Crippen molar-refractivity contribution in [2.75, 3.05) is 0 Å². The molecule has 0 spiro atoms. The number of hydrogen-bond acceptors (Lipinski definition) is 5. The highest BCUT2D eigenvalue weighted by Gasteiger charge is 2.24. The van der Waals surface area contributed by atoms with Crippen LogP contribution in [0.1, 0.15) is 0 Å². The van der Waals surface area contributed by atoms with E-state index in [1.165, 1.54) is 36.4 Å². The van der Waals surface area contributed by atoms with Crippen LogP contribution >= 0.6 is 11.3 Å². The summed E-state index contributed by atoms with van der Waals surface area (Å²) in [5, 5.41) is 1.56. The minimum Gasteiger partial charge on any atom is -0.206 e. The number of benzene rings is 1. The molecule has 0 bridgehead atoms. The van der Waals surface area contributed by atoms with Gasteiger partial charge in [-0.2, -0.15) is 0 Å². The first-order valence-electron chi connectivity index (χ1n) is 4.79. The molecule has 18 heavy (non-hydrogen) atoms. The second-order valence-electron chi connectivity index (χ2n) is 3.34. The molecule has 5 nitrogen and oxygen atoms in total. The zero-order chi connectivity index (χ0) is 13.2. The Balaban J connectivity index is 2.36. The quantitative estimate of drug-likeness (QED) is 0.926. The van der Waals surface area contributed by atoms with Crippen LogP contribution in [-0.2, 0) is 20.0 Å². The van der Waals surface area contributed by atoms with E-state index in [9.17, 15) is 16.8 Å². The van der Waals surface area contributed by atoms with E-state index in [0.29, 0.717) is 0 Å². The fourth-order valence-electron chi connectivity index (χ4n) is 1.25. The lowest BCUT2D eigenvalue weighted by Crippen LogP contribution is -2.30. The van der Waals surface area contributed by atoms with Crippen molar-refractivity contribution in [1.29, 1.82) is 0 Å². The summed E-state index contributed by atoms with van der Waals surface area (Å²) in [5.41, 5.74) is 0. The highest BCUT2D eigenvalue weighted by molar-refractivity contribution is 8.05. The molecule has 0 fully saturated rings. The summed E-state index contributed by atoms with van der Waals surface area (Å²) in [6.45, 7) is 0. The van der Waals surface area contributed by atoms with Crippen molar-refractivity contribution in [2.24, 2.45) is 0 Å². The van der Waals surface area contributed by atoms with Crippen LogP contribution in [-0.4, -0.2) is 16.8 Å². The van der Waals surface area contributed by atoms with Gasteiger partial charge < -0.3 is 0 Å². The highest BCUT2D eigenvalue weighted by atomic mass is 32.3. The average Bonchev–Trinajstić information content (AvgIpc) is 2.83. The summed E-state index contributed by atoms with van der Waals surface area (Å²) >= 11 is 0.951. The molecule has 2 rings (SSSR count). The Morgan fingerprint density at radius 1 is 0.833 bits per heavy atom. The lowest BCUT2D eigenvalue weighted by Gasteiger charge is -2.05. The molecule has 1 aromatic heterocycles. The van der Waals surface area contributed by atoms with E-state index >= 15 is 0 Å². The van der Waals surface area contributed by atoms with Crippen LogP contribution in [0.15, 0.2) is 56.9 Å². The fraction of sp³-hybridized carbons (Fsp3) is 0. The SMILES string of the molecule is O=S(=O)(NS(=O)(=O)c1cccs1)c1ccccc1. The summed E-state index contributed by atoms with van der Waals surface area (Å²) in [4.78, 5) is -0.0925. The number of rotatable bonds is 4. The van der Waals surface area contributed by atoms with Crippen LogP contribution in [0, 0.1) is 0 Å². The number of thiophene rings is 1. The van der Waals surface area contributed by atoms with Crippen LogP contribution in [0.25, 0.3) is 0 Å². The third kappa shape index (κ3) is 2.78. The van der Waals surface area contributed by atoms with Gasteiger partial charge >= 0.3 is 0 Å². The molecule has 0 saturated carbocycles. The monoisotopic (exact) mass is 303 g/mol. The zero-order valence-corrected chi connectivity index (χ0v) is 11.4. The van der Waals surface area contributed by atoms with Gasteiger partial charge in [0.25, 0.3) is 20.0 Å². The fourth-order valence-corrected chi connectivity index (χ4v) is 5.32. The van der Waals surface area contributed by atoms with E-state index in [1.54, 1.807) is 15.6 Å². The van der Waals surface area contributed by atoms with Gasteiger partial charge in [0.05, 0.1) is 4.90 Å². The van der Waals surface area contributed by atoms with E-state index in [1.807, 2.05) is 0 Å². The smallest absolute Gasteiger partial charge is 0.206 e. The third-order valence-corrected chi connectivity index (χ3v) is 6.96. The van der Waals surface area contributed by atoms with Crippen LogP contribution in [0.2, 0.25) is 0 Å². The van der Waals surface area contributed by atoms with Crippen molar-refractivity contribution in [2.45, 2.75) is 9.10 Å². The van der Waals surface area contributed by atoms with Crippen molar-refractivity contribution in [3.05, 3.63) is 47.8 Å². The van der Waals surface area contributed by atoms with Gasteiger partial charge in [0.15, 0.2) is 0 Å². The largest absolute Gasteiger partial charge is 0.263 e. The Morgan fingerprint density at radius 2 is 1.50 bits per heavy atom. The van der Waals surface area contributed by atoms with Crippen LogP contribution in [0.3, 0.4) is 0 Å². The third-order valence-electron chi connectivity index (χ3n) is 2.03. The van der Waals surface area contributed by atoms with E-state index in [4.69, 9.17) is 0 Å². The van der Waals surface area contributed by atoms with E-state index in [-0.39, 0.29) is 9.10 Å². The maximum absolute atomic E-state index is 11.9. The van der Waals surface area contributed by atoms with Crippen molar-refractivity contribution >= 4 is 31.4 Å². The first-order valence-corrected chi connectivity index (χ1v) is 8.63. The molecule has 0 saturated heterocycles. The summed E-state index contributed by atoms with van der Waals surface area (Å²) in [6.07, 6.45) is 0. The maximum atomic E-state index is 11.9. The van der Waals surface area contributed by atoms with Gasteiger partial charge in [0.1, 0.15) is 4.21 Å². The zero-order valence-electron chi connectivity index (χ0n) is 8.98. The van der Waals surface area contributed by atoms with Gasteiger partial charge in [0, 0.05) is 0 Å². The van der Waals surface area contributed by atoms with Crippen molar-refractivity contribution in [3.63, 3.8) is 0 Å². The minimum atomic E-state index is -4.08. The molecule has 2 aromatic rings. The summed E-state index contributed by atoms with van der Waals surface area (Å²) in [5.74, 6) is 0. The van der Waals surface area contributed by atoms with Gasteiger partial charge in [-0.05, 0) is 23.6 Å². The normalized spacial score (nSPS) is 12.4. The van der Waals surface area contributed by atoms with Gasteiger partial charge in [-0.1, -0.05) is 28.4 Å². The molecule has 0 aliphatic carbocycles. The Labute approximate surface area is 109 Å². The van der Waals surface area contributed by atoms with Crippen LogP contribution in [0.4, 0.5) is 0 Å². The Kier molecular flexibility index (Phi) is 3.53. The molecule has 96 valence electrons. The predicted octanol–water partition coefficient (Wildman–Crippen LogP) is 1.42. The molecule has 0 unspecified atom stereocenters. The first kappa shape index (κ1) is 13.2. The van der Waals surface area contributed by atoms with Crippen molar-refractivity contribution in [3.8, 4) is 0 Å². The molecular weight excluding hydrogens is 294 g/mol. The summed E-state index contributed by atoms with van der Waals surface area (Å²) in [6, 6.07) is 10.2. The number of hydrogen-bond donors (Lipinski definition) is 1. The molecule has 0 amide bonds. The molecule has 8 heteroatoms. The topological polar surface area (TPSA) is 80.3 Å². The van der Waals surface area contributed by atoms with Gasteiger partial charge in [-0.15, -0.1) is 11.3 Å². The molecule has 1 aromatic carbocycles. The summed E-state index contributed by atoms with van der Waals surface area (Å²) < 4.78 is 49.0. The highest BCUT2D eigenvalue weighted by Crippen LogP contribution is 2.18. The maximum Gasteiger partial charge on any atom is 0.263 e. The Morgan fingerprint density at radius 3 is 2.06 bits per heavy atom. The molecular formula is C10H9NO4S3. The average molecular weight is 303 g/mol. The van der Waals surface area contributed by atoms with Gasteiger partial charge in [-0.25, -0.2) is 16.8 Å². The van der Waals surface area contributed by atoms with Gasteiger partial charge in [0.2, 0.25) is 0 Å². The predicted molar refractivity (Wildman–Crippen MR) is 68.3 cm³/mol. The molecule has 0 aliphatic rings. The van der Waals surface area contributed by atoms with Crippen molar-refractivity contribution < 1.29 is 16.8 Å². The standard InChI is InChI=1S/C10H9NO4S3/c12-17(13,9-5-2-1-3-6-9)11-18(14,15)10-7-4-8-16-10/h1-8,11H. The molecule has 0 atom stereocenters. The Bertz CT molecular complexity index is 719. The molecule has 1 heterocycles. The second kappa shape index (κ2) is 4.81. The molecule has 0 radical (unpaired) electrons. The van der Waals surface area contributed by atoms with E-state index in [0.717, 1.165) is 11.3 Å². The molecule has 0 aliphatic heterocycles. The first-order chi connectivity index (χ1) is 8.42. The van der Waals surface area contributed by atoms with Gasteiger partial charge in [-0.3, -0.25) is 0 Å². The number of sulfonamides is 2.